The van der Waals surface area contributed by atoms with Crippen molar-refractivity contribution in [1.82, 2.24) is 9.97 Å². The number of rotatable bonds is 1. The van der Waals surface area contributed by atoms with Crippen LogP contribution < -0.4 is 5.73 Å². The molecule has 3 nitrogen and oxygen atoms in total. The van der Waals surface area contributed by atoms with Gasteiger partial charge in [0.2, 0.25) is 0 Å². The molecule has 0 aliphatic carbocycles. The molecule has 1 atom stereocenters. The minimum atomic E-state index is 0.0465. The minimum absolute atomic E-state index is 0.0465. The molecule has 2 rings (SSSR count). The fraction of sp³-hybridized carbons (Fsp3) is 0.222. The predicted octanol–water partition coefficient (Wildman–Crippen LogP) is 1.58. The van der Waals surface area contributed by atoms with Gasteiger partial charge >= 0.3 is 0 Å². The molecule has 1 unspecified atom stereocenters. The first-order valence-electron chi connectivity index (χ1n) is 3.96. The molecule has 2 heterocycles. The SMILES string of the molecule is CC(N)c1cnc2cc[nH]c2c1. The molecule has 2 aromatic rings. The first kappa shape index (κ1) is 7.31. The molecule has 0 spiro atoms. The van der Waals surface area contributed by atoms with E-state index in [4.69, 9.17) is 5.73 Å². The van der Waals surface area contributed by atoms with Crippen LogP contribution in [0.5, 0.6) is 0 Å². The molecule has 0 bridgehead atoms. The highest BCUT2D eigenvalue weighted by molar-refractivity contribution is 5.75. The van der Waals surface area contributed by atoms with Crippen LogP contribution in [0.15, 0.2) is 24.5 Å². The average Bonchev–Trinajstić information content (AvgIpc) is 2.49. The lowest BCUT2D eigenvalue weighted by Gasteiger charge is -2.03. The first-order valence-corrected chi connectivity index (χ1v) is 3.96. The highest BCUT2D eigenvalue weighted by Gasteiger charge is 2.01. The van der Waals surface area contributed by atoms with Crippen LogP contribution in [0.2, 0.25) is 0 Å². The van der Waals surface area contributed by atoms with E-state index in [0.717, 1.165) is 16.6 Å². The molecule has 0 fully saturated rings. The van der Waals surface area contributed by atoms with Crippen molar-refractivity contribution in [2.45, 2.75) is 13.0 Å². The van der Waals surface area contributed by atoms with Gasteiger partial charge in [0.15, 0.2) is 0 Å². The zero-order valence-corrected chi connectivity index (χ0v) is 6.91. The highest BCUT2D eigenvalue weighted by atomic mass is 14.8. The Balaban J connectivity index is 2.60. The van der Waals surface area contributed by atoms with Gasteiger partial charge < -0.3 is 10.7 Å². The van der Waals surface area contributed by atoms with Crippen molar-refractivity contribution in [2.75, 3.05) is 0 Å². The van der Waals surface area contributed by atoms with Crippen LogP contribution in [0.25, 0.3) is 11.0 Å². The molecule has 0 radical (unpaired) electrons. The van der Waals surface area contributed by atoms with Crippen LogP contribution in [-0.4, -0.2) is 9.97 Å². The van der Waals surface area contributed by atoms with Crippen molar-refractivity contribution < 1.29 is 0 Å². The number of nitrogens with zero attached hydrogens (tertiary/aromatic N) is 1. The summed E-state index contributed by atoms with van der Waals surface area (Å²) in [6.07, 6.45) is 3.70. The first-order chi connectivity index (χ1) is 5.77. The van der Waals surface area contributed by atoms with Crippen LogP contribution in [0.1, 0.15) is 18.5 Å². The number of H-pyrrole nitrogens is 1. The second-order valence-corrected chi connectivity index (χ2v) is 2.97. The summed E-state index contributed by atoms with van der Waals surface area (Å²) in [4.78, 5) is 7.35. The maximum atomic E-state index is 5.72. The lowest BCUT2D eigenvalue weighted by atomic mass is 10.1. The summed E-state index contributed by atoms with van der Waals surface area (Å²) in [5.41, 5.74) is 8.81. The fourth-order valence-electron chi connectivity index (χ4n) is 1.20. The van der Waals surface area contributed by atoms with E-state index in [1.54, 1.807) is 0 Å². The monoisotopic (exact) mass is 161 g/mol. The Morgan fingerprint density at radius 3 is 3.17 bits per heavy atom. The van der Waals surface area contributed by atoms with Crippen LogP contribution in [0, 0.1) is 0 Å². The lowest BCUT2D eigenvalue weighted by Crippen LogP contribution is -2.04. The van der Waals surface area contributed by atoms with Crippen molar-refractivity contribution in [3.05, 3.63) is 30.1 Å². The second-order valence-electron chi connectivity index (χ2n) is 2.97. The molecule has 12 heavy (non-hydrogen) atoms. The van der Waals surface area contributed by atoms with Crippen LogP contribution in [0.3, 0.4) is 0 Å². The average molecular weight is 161 g/mol. The Kier molecular flexibility index (Phi) is 1.59. The molecule has 0 amide bonds. The molecule has 62 valence electrons. The fourth-order valence-corrected chi connectivity index (χ4v) is 1.20. The van der Waals surface area contributed by atoms with Crippen molar-refractivity contribution in [3.63, 3.8) is 0 Å². The Labute approximate surface area is 70.6 Å². The number of pyridine rings is 1. The normalized spacial score (nSPS) is 13.5. The highest BCUT2D eigenvalue weighted by Crippen LogP contribution is 2.14. The van der Waals surface area contributed by atoms with E-state index in [1.165, 1.54) is 0 Å². The third-order valence-corrected chi connectivity index (χ3v) is 1.95. The van der Waals surface area contributed by atoms with E-state index >= 15 is 0 Å². The molecular weight excluding hydrogens is 150 g/mol. The summed E-state index contributed by atoms with van der Waals surface area (Å²) < 4.78 is 0. The Bertz CT molecular complexity index is 389. The summed E-state index contributed by atoms with van der Waals surface area (Å²) in [6, 6.07) is 4.03. The molecule has 3 N–H and O–H groups in total. The van der Waals surface area contributed by atoms with E-state index in [9.17, 15) is 0 Å². The standard InChI is InChI=1S/C9H11N3/c1-6(10)7-4-9-8(12-5-7)2-3-11-9/h2-6,11H,10H2,1H3. The van der Waals surface area contributed by atoms with Gasteiger partial charge in [0.1, 0.15) is 0 Å². The van der Waals surface area contributed by atoms with Gasteiger partial charge in [-0.25, -0.2) is 0 Å². The quantitative estimate of drug-likeness (QED) is 0.667. The number of hydrogen-bond donors (Lipinski definition) is 2. The van der Waals surface area contributed by atoms with E-state index in [2.05, 4.69) is 9.97 Å². The molecule has 0 aliphatic heterocycles. The van der Waals surface area contributed by atoms with E-state index in [1.807, 2.05) is 31.5 Å². The van der Waals surface area contributed by atoms with Gasteiger partial charge in [-0.3, -0.25) is 4.98 Å². The molecule has 0 saturated heterocycles. The van der Waals surface area contributed by atoms with Crippen molar-refractivity contribution in [3.8, 4) is 0 Å². The van der Waals surface area contributed by atoms with Gasteiger partial charge in [-0.15, -0.1) is 0 Å². The maximum absolute atomic E-state index is 5.72. The summed E-state index contributed by atoms with van der Waals surface area (Å²) in [7, 11) is 0. The number of nitrogens with two attached hydrogens (primary N) is 1. The van der Waals surface area contributed by atoms with Crippen molar-refractivity contribution in [1.29, 1.82) is 0 Å². The summed E-state index contributed by atoms with van der Waals surface area (Å²) in [5.74, 6) is 0. The predicted molar refractivity (Wildman–Crippen MR) is 48.7 cm³/mol. The van der Waals surface area contributed by atoms with Crippen molar-refractivity contribution in [2.24, 2.45) is 5.73 Å². The summed E-state index contributed by atoms with van der Waals surface area (Å²) in [5, 5.41) is 0. The second kappa shape index (κ2) is 2.60. The number of nitrogens with one attached hydrogen (secondary N) is 1. The smallest absolute Gasteiger partial charge is 0.0878 e. The van der Waals surface area contributed by atoms with Crippen LogP contribution in [-0.2, 0) is 0 Å². The van der Waals surface area contributed by atoms with Gasteiger partial charge in [-0.05, 0) is 24.6 Å². The molecule has 0 saturated carbocycles. The van der Waals surface area contributed by atoms with Crippen LogP contribution >= 0.6 is 0 Å². The number of fused-ring (bicyclic) bond motifs is 1. The Morgan fingerprint density at radius 2 is 2.42 bits per heavy atom. The molecule has 0 aliphatic rings. The van der Waals surface area contributed by atoms with Gasteiger partial charge in [-0.2, -0.15) is 0 Å². The van der Waals surface area contributed by atoms with Gasteiger partial charge in [0, 0.05) is 18.4 Å². The topological polar surface area (TPSA) is 54.7 Å². The third kappa shape index (κ3) is 1.08. The van der Waals surface area contributed by atoms with Gasteiger partial charge in [-0.1, -0.05) is 0 Å². The Hall–Kier alpha value is -1.35. The zero-order valence-electron chi connectivity index (χ0n) is 6.91. The minimum Gasteiger partial charge on any atom is -0.360 e. The summed E-state index contributed by atoms with van der Waals surface area (Å²) >= 11 is 0. The molecule has 2 aromatic heterocycles. The largest absolute Gasteiger partial charge is 0.360 e. The van der Waals surface area contributed by atoms with E-state index in [0.29, 0.717) is 0 Å². The number of aromatic nitrogens is 2. The number of hydrogen-bond acceptors (Lipinski definition) is 2. The molecule has 3 heteroatoms. The van der Waals surface area contributed by atoms with Gasteiger partial charge in [0.25, 0.3) is 0 Å². The van der Waals surface area contributed by atoms with Crippen LogP contribution in [0.4, 0.5) is 0 Å². The number of aromatic amines is 1. The zero-order chi connectivity index (χ0) is 8.55. The van der Waals surface area contributed by atoms with Gasteiger partial charge in [0.05, 0.1) is 11.0 Å². The maximum Gasteiger partial charge on any atom is 0.0878 e. The van der Waals surface area contributed by atoms with Crippen molar-refractivity contribution >= 4 is 11.0 Å². The molecule has 0 aromatic carbocycles. The summed E-state index contributed by atoms with van der Waals surface area (Å²) in [6.45, 7) is 1.95. The molecular formula is C9H11N3. The lowest BCUT2D eigenvalue weighted by molar-refractivity contribution is 0.814. The van der Waals surface area contributed by atoms with E-state index in [-0.39, 0.29) is 6.04 Å². The van der Waals surface area contributed by atoms with E-state index < -0.39 is 0 Å². The third-order valence-electron chi connectivity index (χ3n) is 1.95. The Morgan fingerprint density at radius 1 is 1.58 bits per heavy atom.